The summed E-state index contributed by atoms with van der Waals surface area (Å²) in [6.45, 7) is 0. The van der Waals surface area contributed by atoms with E-state index in [1.807, 2.05) is 0 Å². The highest BCUT2D eigenvalue weighted by atomic mass is 32.2. The van der Waals surface area contributed by atoms with E-state index in [2.05, 4.69) is 4.72 Å². The molecule has 0 aliphatic carbocycles. The average Bonchev–Trinajstić information content (AvgIpc) is 2.41. The molecule has 3 N–H and O–H groups in total. The van der Waals surface area contributed by atoms with Crippen molar-refractivity contribution >= 4 is 37.1 Å². The van der Waals surface area contributed by atoms with Crippen molar-refractivity contribution < 1.29 is 16.8 Å². The molecule has 6 nitrogen and oxygen atoms in total. The Morgan fingerprint density at radius 2 is 1.81 bits per heavy atom. The minimum atomic E-state index is -3.79. The molecule has 0 unspecified atom stereocenters. The van der Waals surface area contributed by atoms with Gasteiger partial charge in [0.15, 0.2) is 0 Å². The van der Waals surface area contributed by atoms with Gasteiger partial charge in [-0.15, -0.1) is 0 Å². The molecular formula is C12H16N2O4S3. The van der Waals surface area contributed by atoms with Gasteiger partial charge in [0.05, 0.1) is 16.4 Å². The fourth-order valence-corrected chi connectivity index (χ4v) is 5.46. The molecule has 0 radical (unpaired) electrons. The van der Waals surface area contributed by atoms with Crippen LogP contribution in [0.5, 0.6) is 0 Å². The summed E-state index contributed by atoms with van der Waals surface area (Å²) in [5, 5.41) is 0. The molecule has 0 bridgehead atoms. The molecule has 0 spiro atoms. The Kier molecular flexibility index (Phi) is 4.66. The third kappa shape index (κ3) is 4.00. The van der Waals surface area contributed by atoms with E-state index in [0.717, 1.165) is 0 Å². The quantitative estimate of drug-likeness (QED) is 0.752. The molecule has 1 aromatic carbocycles. The lowest BCUT2D eigenvalue weighted by atomic mass is 10.2. The summed E-state index contributed by atoms with van der Waals surface area (Å²) in [5.74, 6) is -0.00569. The summed E-state index contributed by atoms with van der Waals surface area (Å²) < 4.78 is 50.1. The van der Waals surface area contributed by atoms with Crippen LogP contribution in [0.4, 0.5) is 0 Å². The van der Waals surface area contributed by atoms with Gasteiger partial charge in [-0.2, -0.15) is 0 Å². The van der Waals surface area contributed by atoms with Crippen LogP contribution in [0.25, 0.3) is 0 Å². The molecule has 1 aliphatic rings. The molecule has 116 valence electrons. The molecule has 2 rings (SSSR count). The van der Waals surface area contributed by atoms with E-state index in [1.165, 1.54) is 6.07 Å². The van der Waals surface area contributed by atoms with Gasteiger partial charge in [-0.1, -0.05) is 30.4 Å². The third-order valence-electron chi connectivity index (χ3n) is 3.32. The maximum Gasteiger partial charge on any atom is 0.241 e. The predicted molar refractivity (Wildman–Crippen MR) is 84.3 cm³/mol. The smallest absolute Gasteiger partial charge is 0.241 e. The lowest BCUT2D eigenvalue weighted by Gasteiger charge is -2.23. The first kappa shape index (κ1) is 16.3. The number of sulfone groups is 1. The lowest BCUT2D eigenvalue weighted by molar-refractivity contribution is 0.505. The van der Waals surface area contributed by atoms with Gasteiger partial charge < -0.3 is 5.73 Å². The Morgan fingerprint density at radius 1 is 1.24 bits per heavy atom. The van der Waals surface area contributed by atoms with E-state index in [-0.39, 0.29) is 39.8 Å². The van der Waals surface area contributed by atoms with Crippen LogP contribution in [-0.2, 0) is 19.9 Å². The van der Waals surface area contributed by atoms with E-state index < -0.39 is 25.9 Å². The van der Waals surface area contributed by atoms with Gasteiger partial charge in [-0.3, -0.25) is 0 Å². The van der Waals surface area contributed by atoms with Gasteiger partial charge in [0, 0.05) is 11.6 Å². The summed E-state index contributed by atoms with van der Waals surface area (Å²) in [5.41, 5.74) is 5.82. The Balaban J connectivity index is 2.22. The van der Waals surface area contributed by atoms with Crippen LogP contribution in [-0.4, -0.2) is 39.4 Å². The first-order valence-corrected chi connectivity index (χ1v) is 10.0. The zero-order valence-electron chi connectivity index (χ0n) is 11.2. The van der Waals surface area contributed by atoms with Gasteiger partial charge in [-0.25, -0.2) is 21.6 Å². The normalized spacial score (nSPS) is 19.2. The summed E-state index contributed by atoms with van der Waals surface area (Å²) in [7, 11) is -6.82. The van der Waals surface area contributed by atoms with Crippen molar-refractivity contribution in [2.24, 2.45) is 5.73 Å². The fourth-order valence-electron chi connectivity index (χ4n) is 2.20. The molecule has 1 saturated heterocycles. The first-order valence-electron chi connectivity index (χ1n) is 6.33. The van der Waals surface area contributed by atoms with Crippen molar-refractivity contribution in [3.8, 4) is 0 Å². The molecule has 0 atom stereocenters. The number of thiocarbonyl (C=S) groups is 1. The van der Waals surface area contributed by atoms with Crippen LogP contribution < -0.4 is 10.5 Å². The zero-order chi connectivity index (χ0) is 15.7. The molecule has 1 aliphatic heterocycles. The second kappa shape index (κ2) is 5.99. The number of benzene rings is 1. The van der Waals surface area contributed by atoms with Gasteiger partial charge >= 0.3 is 0 Å². The molecule has 0 saturated carbocycles. The minimum absolute atomic E-state index is 0.00203. The maximum atomic E-state index is 12.4. The standard InChI is InChI=1S/C12H16N2O4S3/c13-12(19)10-3-1-2-4-11(10)21(17,18)14-9-5-7-20(15,16)8-6-9/h1-4,9,14H,5-8H2,(H2,13,19). The van der Waals surface area contributed by atoms with Crippen molar-refractivity contribution in [2.45, 2.75) is 23.8 Å². The van der Waals surface area contributed by atoms with Crippen LogP contribution in [0.15, 0.2) is 29.2 Å². The second-order valence-electron chi connectivity index (χ2n) is 4.91. The predicted octanol–water partition coefficient (Wildman–Crippen LogP) is 0.176. The number of nitrogens with one attached hydrogen (secondary N) is 1. The van der Waals surface area contributed by atoms with Crippen molar-refractivity contribution in [2.75, 3.05) is 11.5 Å². The zero-order valence-corrected chi connectivity index (χ0v) is 13.6. The minimum Gasteiger partial charge on any atom is -0.389 e. The number of hydrogen-bond acceptors (Lipinski definition) is 5. The van der Waals surface area contributed by atoms with Gasteiger partial charge in [0.25, 0.3) is 0 Å². The third-order valence-corrected chi connectivity index (χ3v) is 6.83. The highest BCUT2D eigenvalue weighted by molar-refractivity contribution is 7.91. The van der Waals surface area contributed by atoms with Crippen LogP contribution in [0, 0.1) is 0 Å². The molecule has 21 heavy (non-hydrogen) atoms. The highest BCUT2D eigenvalue weighted by Gasteiger charge is 2.28. The fraction of sp³-hybridized carbons (Fsp3) is 0.417. The molecule has 9 heteroatoms. The largest absolute Gasteiger partial charge is 0.389 e. The lowest BCUT2D eigenvalue weighted by Crippen LogP contribution is -2.41. The van der Waals surface area contributed by atoms with E-state index in [4.69, 9.17) is 18.0 Å². The Hall–Kier alpha value is -1.03. The van der Waals surface area contributed by atoms with Crippen LogP contribution in [0.1, 0.15) is 18.4 Å². The highest BCUT2D eigenvalue weighted by Crippen LogP contribution is 2.19. The maximum absolute atomic E-state index is 12.4. The monoisotopic (exact) mass is 348 g/mol. The van der Waals surface area contributed by atoms with Gasteiger partial charge in [0.1, 0.15) is 14.8 Å². The summed E-state index contributed by atoms with van der Waals surface area (Å²) in [6.07, 6.45) is 0.549. The van der Waals surface area contributed by atoms with E-state index in [0.29, 0.717) is 0 Å². The van der Waals surface area contributed by atoms with Crippen molar-refractivity contribution in [3.05, 3.63) is 29.8 Å². The molecule has 0 amide bonds. The molecule has 1 fully saturated rings. The second-order valence-corrected chi connectivity index (χ2v) is 9.33. The van der Waals surface area contributed by atoms with E-state index >= 15 is 0 Å². The van der Waals surface area contributed by atoms with Crippen molar-refractivity contribution in [3.63, 3.8) is 0 Å². The topological polar surface area (TPSA) is 106 Å². The number of nitrogens with two attached hydrogens (primary N) is 1. The molecule has 1 aromatic rings. The number of rotatable bonds is 4. The molecular weight excluding hydrogens is 332 g/mol. The SMILES string of the molecule is NC(=S)c1ccccc1S(=O)(=O)NC1CCS(=O)(=O)CC1. The summed E-state index contributed by atoms with van der Waals surface area (Å²) in [6, 6.07) is 5.82. The first-order chi connectivity index (χ1) is 9.71. The molecule has 1 heterocycles. The Labute approximate surface area is 129 Å². The van der Waals surface area contributed by atoms with E-state index in [1.54, 1.807) is 18.2 Å². The van der Waals surface area contributed by atoms with Crippen LogP contribution in [0.3, 0.4) is 0 Å². The van der Waals surface area contributed by atoms with Crippen molar-refractivity contribution in [1.82, 2.24) is 4.72 Å². The van der Waals surface area contributed by atoms with Crippen molar-refractivity contribution in [1.29, 1.82) is 0 Å². The van der Waals surface area contributed by atoms with Gasteiger partial charge in [0.2, 0.25) is 10.0 Å². The Bertz CT molecular complexity index is 742. The van der Waals surface area contributed by atoms with E-state index in [9.17, 15) is 16.8 Å². The Morgan fingerprint density at radius 3 is 2.38 bits per heavy atom. The van der Waals surface area contributed by atoms with Gasteiger partial charge in [-0.05, 0) is 18.9 Å². The molecule has 0 aromatic heterocycles. The van der Waals surface area contributed by atoms with Crippen LogP contribution >= 0.6 is 12.2 Å². The number of hydrogen-bond donors (Lipinski definition) is 2. The van der Waals surface area contributed by atoms with Crippen LogP contribution in [0.2, 0.25) is 0 Å². The summed E-state index contributed by atoms with van der Waals surface area (Å²) in [4.78, 5) is 0.0214. The number of sulfonamides is 1. The summed E-state index contributed by atoms with van der Waals surface area (Å²) >= 11 is 4.86. The average molecular weight is 348 g/mol.